The van der Waals surface area contributed by atoms with Gasteiger partial charge in [-0.3, -0.25) is 0 Å². The van der Waals surface area contributed by atoms with Gasteiger partial charge in [0.2, 0.25) is 0 Å². The van der Waals surface area contributed by atoms with E-state index < -0.39 is 0 Å². The molecule has 0 radical (unpaired) electrons. The van der Waals surface area contributed by atoms with Gasteiger partial charge in [-0.15, -0.1) is 0 Å². The molecule has 0 N–H and O–H groups in total. The summed E-state index contributed by atoms with van der Waals surface area (Å²) in [5.74, 6) is 0.270. The van der Waals surface area contributed by atoms with E-state index in [9.17, 15) is 4.79 Å². The van der Waals surface area contributed by atoms with Crippen LogP contribution in [0, 0.1) is 5.92 Å². The Kier molecular flexibility index (Phi) is 7.11. The number of rotatable bonds is 6. The molecule has 0 rings (SSSR count). The van der Waals surface area contributed by atoms with Gasteiger partial charge >= 0.3 is 5.97 Å². The van der Waals surface area contributed by atoms with Crippen LogP contribution in [0.25, 0.3) is 0 Å². The van der Waals surface area contributed by atoms with E-state index in [1.165, 1.54) is 0 Å². The molecule has 0 bridgehead atoms. The Morgan fingerprint density at radius 1 is 1.43 bits per heavy atom. The molecule has 0 aromatic heterocycles. The zero-order valence-corrected chi connectivity index (χ0v) is 9.50. The van der Waals surface area contributed by atoms with Crippen molar-refractivity contribution in [3.8, 4) is 0 Å². The van der Waals surface area contributed by atoms with Crippen LogP contribution >= 0.6 is 0 Å². The lowest BCUT2D eigenvalue weighted by molar-refractivity contribution is -0.139. The maximum Gasteiger partial charge on any atom is 0.336 e. The van der Waals surface area contributed by atoms with E-state index in [1.807, 2.05) is 6.08 Å². The van der Waals surface area contributed by atoms with Crippen LogP contribution in [0.1, 0.15) is 27.2 Å². The van der Waals surface area contributed by atoms with Crippen LogP contribution in [0.4, 0.5) is 0 Å². The lowest BCUT2D eigenvalue weighted by Crippen LogP contribution is -2.12. The highest BCUT2D eigenvalue weighted by Gasteiger charge is 2.09. The van der Waals surface area contributed by atoms with Crippen LogP contribution in [0.2, 0.25) is 0 Å². The third-order valence-electron chi connectivity index (χ3n) is 1.67. The molecule has 3 heteroatoms. The minimum Gasteiger partial charge on any atom is -0.463 e. The van der Waals surface area contributed by atoms with Gasteiger partial charge in [-0.25, -0.2) is 4.79 Å². The molecule has 0 unspecified atom stereocenters. The van der Waals surface area contributed by atoms with E-state index in [2.05, 4.69) is 13.8 Å². The molecule has 0 aromatic rings. The van der Waals surface area contributed by atoms with Gasteiger partial charge in [0.15, 0.2) is 0 Å². The molecule has 0 spiro atoms. The number of methoxy groups -OCH3 is 1. The fourth-order valence-electron chi connectivity index (χ4n) is 0.958. The highest BCUT2D eigenvalue weighted by Crippen LogP contribution is 2.06. The van der Waals surface area contributed by atoms with Crippen molar-refractivity contribution < 1.29 is 14.3 Å². The molecule has 3 nitrogen and oxygen atoms in total. The fraction of sp³-hybridized carbons (Fsp3) is 0.727. The van der Waals surface area contributed by atoms with Crippen LogP contribution in [-0.4, -0.2) is 26.3 Å². The van der Waals surface area contributed by atoms with E-state index in [0.717, 1.165) is 6.42 Å². The third kappa shape index (κ3) is 5.75. The molecule has 0 saturated carbocycles. The van der Waals surface area contributed by atoms with Crippen LogP contribution in [0.5, 0.6) is 0 Å². The van der Waals surface area contributed by atoms with Gasteiger partial charge in [0.1, 0.15) is 0 Å². The molecule has 0 saturated heterocycles. The molecule has 0 amide bonds. The predicted octanol–water partition coefficient (Wildman–Crippen LogP) is 2.17. The first-order valence-electron chi connectivity index (χ1n) is 4.96. The molecule has 0 atom stereocenters. The monoisotopic (exact) mass is 200 g/mol. The summed E-state index contributed by atoms with van der Waals surface area (Å²) in [6, 6.07) is 0. The zero-order valence-electron chi connectivity index (χ0n) is 9.50. The Labute approximate surface area is 86.1 Å². The standard InChI is InChI=1S/C11H20O3/c1-5-14-11(12)10(8-13-4)7-6-9(2)3/h7,9H,5-6,8H2,1-4H3. The van der Waals surface area contributed by atoms with Crippen molar-refractivity contribution in [2.75, 3.05) is 20.3 Å². The van der Waals surface area contributed by atoms with Gasteiger partial charge in [-0.2, -0.15) is 0 Å². The van der Waals surface area contributed by atoms with E-state index in [0.29, 0.717) is 24.7 Å². The first kappa shape index (κ1) is 13.2. The molecule has 0 heterocycles. The van der Waals surface area contributed by atoms with Gasteiger partial charge in [0, 0.05) is 7.11 Å². The summed E-state index contributed by atoms with van der Waals surface area (Å²) in [4.78, 5) is 11.4. The predicted molar refractivity (Wildman–Crippen MR) is 56.0 cm³/mol. The Hall–Kier alpha value is -0.830. The summed E-state index contributed by atoms with van der Waals surface area (Å²) >= 11 is 0. The molecular weight excluding hydrogens is 180 g/mol. The number of allylic oxidation sites excluding steroid dienone is 1. The van der Waals surface area contributed by atoms with Gasteiger partial charge < -0.3 is 9.47 Å². The lowest BCUT2D eigenvalue weighted by atomic mass is 10.1. The zero-order chi connectivity index (χ0) is 11.0. The number of ether oxygens (including phenoxy) is 2. The van der Waals surface area contributed by atoms with Crippen molar-refractivity contribution >= 4 is 5.97 Å². The summed E-state index contributed by atoms with van der Waals surface area (Å²) in [5.41, 5.74) is 0.614. The number of carbonyl (C=O) groups is 1. The summed E-state index contributed by atoms with van der Waals surface area (Å²) in [7, 11) is 1.57. The molecule has 82 valence electrons. The Morgan fingerprint density at radius 2 is 2.07 bits per heavy atom. The van der Waals surface area contributed by atoms with Gasteiger partial charge in [0.25, 0.3) is 0 Å². The van der Waals surface area contributed by atoms with Crippen molar-refractivity contribution in [2.45, 2.75) is 27.2 Å². The Bertz CT molecular complexity index is 195. The topological polar surface area (TPSA) is 35.5 Å². The molecule has 0 fully saturated rings. The fourth-order valence-corrected chi connectivity index (χ4v) is 0.958. The lowest BCUT2D eigenvalue weighted by Gasteiger charge is -2.06. The SMILES string of the molecule is CCOC(=O)C(=CCC(C)C)COC. The second kappa shape index (κ2) is 7.56. The maximum atomic E-state index is 11.4. The van der Waals surface area contributed by atoms with Crippen molar-refractivity contribution in [1.82, 2.24) is 0 Å². The van der Waals surface area contributed by atoms with Gasteiger partial charge in [0.05, 0.1) is 18.8 Å². The van der Waals surface area contributed by atoms with Crippen LogP contribution in [0.15, 0.2) is 11.6 Å². The number of hydrogen-bond acceptors (Lipinski definition) is 3. The average molecular weight is 200 g/mol. The highest BCUT2D eigenvalue weighted by molar-refractivity contribution is 5.88. The first-order valence-corrected chi connectivity index (χ1v) is 4.96. The normalized spacial score (nSPS) is 11.9. The summed E-state index contributed by atoms with van der Waals surface area (Å²) in [5, 5.41) is 0. The molecular formula is C11H20O3. The Morgan fingerprint density at radius 3 is 2.50 bits per heavy atom. The van der Waals surface area contributed by atoms with Gasteiger partial charge in [-0.05, 0) is 19.3 Å². The van der Waals surface area contributed by atoms with Crippen molar-refractivity contribution in [3.63, 3.8) is 0 Å². The van der Waals surface area contributed by atoms with E-state index in [4.69, 9.17) is 9.47 Å². The largest absolute Gasteiger partial charge is 0.463 e. The minimum absolute atomic E-state index is 0.269. The van der Waals surface area contributed by atoms with Crippen molar-refractivity contribution in [2.24, 2.45) is 5.92 Å². The number of carbonyl (C=O) groups excluding carboxylic acids is 1. The quantitative estimate of drug-likeness (QED) is 0.487. The minimum atomic E-state index is -0.269. The van der Waals surface area contributed by atoms with Gasteiger partial charge in [-0.1, -0.05) is 19.9 Å². The smallest absolute Gasteiger partial charge is 0.336 e. The van der Waals surface area contributed by atoms with Crippen LogP contribution in [0.3, 0.4) is 0 Å². The average Bonchev–Trinajstić information content (AvgIpc) is 2.12. The summed E-state index contributed by atoms with van der Waals surface area (Å²) in [6.45, 7) is 6.73. The molecule has 0 aromatic carbocycles. The third-order valence-corrected chi connectivity index (χ3v) is 1.67. The van der Waals surface area contributed by atoms with Crippen LogP contribution < -0.4 is 0 Å². The maximum absolute atomic E-state index is 11.4. The number of hydrogen-bond donors (Lipinski definition) is 0. The van der Waals surface area contributed by atoms with Crippen molar-refractivity contribution in [3.05, 3.63) is 11.6 Å². The Balaban J connectivity index is 4.25. The number of esters is 1. The molecule has 14 heavy (non-hydrogen) atoms. The second-order valence-corrected chi connectivity index (χ2v) is 3.51. The summed E-state index contributed by atoms with van der Waals surface area (Å²) < 4.78 is 9.84. The van der Waals surface area contributed by atoms with E-state index >= 15 is 0 Å². The first-order chi connectivity index (χ1) is 6.61. The van der Waals surface area contributed by atoms with Crippen LogP contribution in [-0.2, 0) is 14.3 Å². The van der Waals surface area contributed by atoms with Crippen molar-refractivity contribution in [1.29, 1.82) is 0 Å². The second-order valence-electron chi connectivity index (χ2n) is 3.51. The van der Waals surface area contributed by atoms with E-state index in [1.54, 1.807) is 14.0 Å². The summed E-state index contributed by atoms with van der Waals surface area (Å²) in [6.07, 6.45) is 2.77. The molecule has 0 aliphatic heterocycles. The highest BCUT2D eigenvalue weighted by atomic mass is 16.5. The molecule has 0 aliphatic carbocycles. The molecule has 0 aliphatic rings. The van der Waals surface area contributed by atoms with E-state index in [-0.39, 0.29) is 5.97 Å².